The summed E-state index contributed by atoms with van der Waals surface area (Å²) in [7, 11) is 1.34. The van der Waals surface area contributed by atoms with E-state index in [4.69, 9.17) is 9.84 Å². The summed E-state index contributed by atoms with van der Waals surface area (Å²) in [4.78, 5) is 22.5. The molecule has 0 heterocycles. The Bertz CT molecular complexity index is 334. The van der Waals surface area contributed by atoms with Crippen molar-refractivity contribution in [3.05, 3.63) is 0 Å². The standard InChI is InChI=1S/C16H32N2O5/c1-16(2,7-10-19)13-14(20)17-9-12-23-11-6-4-5-8-18-15(21)22-3/h19H,4-13H2,1-3H3,(H,17,20)(H,18,21). The van der Waals surface area contributed by atoms with Crippen LogP contribution in [-0.4, -0.2) is 57.1 Å². The average molecular weight is 332 g/mol. The molecule has 0 spiro atoms. The number of rotatable bonds is 13. The number of carbonyl (C=O) groups is 2. The highest BCUT2D eigenvalue weighted by molar-refractivity contribution is 5.76. The Balaban J connectivity index is 3.39. The summed E-state index contributed by atoms with van der Waals surface area (Å²) >= 11 is 0. The Kier molecular flexibility index (Phi) is 12.4. The molecule has 0 aliphatic heterocycles. The summed E-state index contributed by atoms with van der Waals surface area (Å²) in [6.07, 6.45) is 3.38. The molecule has 0 unspecified atom stereocenters. The van der Waals surface area contributed by atoms with E-state index >= 15 is 0 Å². The van der Waals surface area contributed by atoms with Crippen LogP contribution in [0.5, 0.6) is 0 Å². The number of amides is 2. The largest absolute Gasteiger partial charge is 0.453 e. The quantitative estimate of drug-likeness (QED) is 0.444. The Hall–Kier alpha value is -1.34. The van der Waals surface area contributed by atoms with Gasteiger partial charge in [0.15, 0.2) is 0 Å². The normalized spacial score (nSPS) is 11.1. The van der Waals surface area contributed by atoms with Gasteiger partial charge in [0.1, 0.15) is 0 Å². The monoisotopic (exact) mass is 332 g/mol. The van der Waals surface area contributed by atoms with Crippen molar-refractivity contribution < 1.29 is 24.2 Å². The smallest absolute Gasteiger partial charge is 0.406 e. The van der Waals surface area contributed by atoms with Crippen molar-refractivity contribution in [3.8, 4) is 0 Å². The first-order valence-electron chi connectivity index (χ1n) is 8.18. The number of alkyl carbamates (subject to hydrolysis) is 1. The first kappa shape index (κ1) is 21.7. The highest BCUT2D eigenvalue weighted by Crippen LogP contribution is 2.23. The second-order valence-electron chi connectivity index (χ2n) is 6.26. The van der Waals surface area contributed by atoms with Crippen LogP contribution in [0.2, 0.25) is 0 Å². The van der Waals surface area contributed by atoms with Gasteiger partial charge in [-0.25, -0.2) is 4.79 Å². The van der Waals surface area contributed by atoms with Crippen LogP contribution >= 0.6 is 0 Å². The minimum absolute atomic E-state index is 0.0130. The van der Waals surface area contributed by atoms with E-state index in [0.29, 0.717) is 39.1 Å². The first-order valence-corrected chi connectivity index (χ1v) is 8.18. The molecule has 23 heavy (non-hydrogen) atoms. The van der Waals surface area contributed by atoms with Crippen molar-refractivity contribution in [2.24, 2.45) is 5.41 Å². The summed E-state index contributed by atoms with van der Waals surface area (Å²) in [5.74, 6) is -0.0130. The highest BCUT2D eigenvalue weighted by Gasteiger charge is 2.20. The molecule has 0 aromatic carbocycles. The van der Waals surface area contributed by atoms with Gasteiger partial charge < -0.3 is 25.2 Å². The molecule has 7 heteroatoms. The van der Waals surface area contributed by atoms with Gasteiger partial charge in [0.05, 0.1) is 13.7 Å². The number of hydrogen-bond donors (Lipinski definition) is 3. The van der Waals surface area contributed by atoms with Gasteiger partial charge >= 0.3 is 6.09 Å². The fourth-order valence-electron chi connectivity index (χ4n) is 2.02. The van der Waals surface area contributed by atoms with Gasteiger partial charge in [0.25, 0.3) is 0 Å². The topological polar surface area (TPSA) is 96.9 Å². The zero-order valence-electron chi connectivity index (χ0n) is 14.7. The Labute approximate surface area is 139 Å². The number of carbonyl (C=O) groups excluding carboxylic acids is 2. The fraction of sp³-hybridized carbons (Fsp3) is 0.875. The van der Waals surface area contributed by atoms with Gasteiger partial charge in [-0.3, -0.25) is 4.79 Å². The minimum atomic E-state index is -0.404. The first-order chi connectivity index (χ1) is 10.9. The third-order valence-corrected chi connectivity index (χ3v) is 3.42. The molecular weight excluding hydrogens is 300 g/mol. The molecule has 0 rings (SSSR count). The zero-order chi connectivity index (χ0) is 17.6. The molecule has 0 radical (unpaired) electrons. The van der Waals surface area contributed by atoms with Gasteiger partial charge in [-0.05, 0) is 31.1 Å². The zero-order valence-corrected chi connectivity index (χ0v) is 14.7. The molecule has 0 atom stereocenters. The van der Waals surface area contributed by atoms with Crippen molar-refractivity contribution >= 4 is 12.0 Å². The Morgan fingerprint density at radius 1 is 1.04 bits per heavy atom. The van der Waals surface area contributed by atoms with Crippen molar-refractivity contribution in [3.63, 3.8) is 0 Å². The molecule has 0 saturated heterocycles. The second kappa shape index (κ2) is 13.1. The SMILES string of the molecule is COC(=O)NCCCCCOCCNC(=O)CC(C)(C)CCO. The maximum Gasteiger partial charge on any atom is 0.406 e. The van der Waals surface area contributed by atoms with Crippen LogP contribution in [0.4, 0.5) is 4.79 Å². The lowest BCUT2D eigenvalue weighted by molar-refractivity contribution is -0.123. The van der Waals surface area contributed by atoms with Crippen LogP contribution in [0, 0.1) is 5.41 Å². The molecule has 0 aliphatic carbocycles. The number of unbranched alkanes of at least 4 members (excludes halogenated alkanes) is 2. The third kappa shape index (κ3) is 14.0. The molecule has 0 aliphatic rings. The molecule has 0 aromatic heterocycles. The highest BCUT2D eigenvalue weighted by atomic mass is 16.5. The third-order valence-electron chi connectivity index (χ3n) is 3.42. The van der Waals surface area contributed by atoms with Gasteiger partial charge in [0, 0.05) is 32.7 Å². The van der Waals surface area contributed by atoms with E-state index in [2.05, 4.69) is 15.4 Å². The number of nitrogens with one attached hydrogen (secondary N) is 2. The van der Waals surface area contributed by atoms with E-state index in [1.54, 1.807) is 0 Å². The van der Waals surface area contributed by atoms with Crippen molar-refractivity contribution in [2.45, 2.75) is 46.0 Å². The summed E-state index contributed by atoms with van der Waals surface area (Å²) in [5.41, 5.74) is -0.183. The van der Waals surface area contributed by atoms with E-state index in [-0.39, 0.29) is 17.9 Å². The Morgan fingerprint density at radius 3 is 2.43 bits per heavy atom. The fourth-order valence-corrected chi connectivity index (χ4v) is 2.02. The van der Waals surface area contributed by atoms with Gasteiger partial charge in [-0.15, -0.1) is 0 Å². The van der Waals surface area contributed by atoms with Gasteiger partial charge in [-0.1, -0.05) is 13.8 Å². The van der Waals surface area contributed by atoms with Gasteiger partial charge in [-0.2, -0.15) is 0 Å². The molecule has 136 valence electrons. The predicted molar refractivity (Wildman–Crippen MR) is 88.2 cm³/mol. The molecule has 2 amide bonds. The van der Waals surface area contributed by atoms with Crippen LogP contribution in [0.15, 0.2) is 0 Å². The van der Waals surface area contributed by atoms with E-state index < -0.39 is 6.09 Å². The van der Waals surface area contributed by atoms with Crippen LogP contribution in [0.3, 0.4) is 0 Å². The van der Waals surface area contributed by atoms with Crippen LogP contribution < -0.4 is 10.6 Å². The molecule has 0 fully saturated rings. The molecule has 7 nitrogen and oxygen atoms in total. The summed E-state index contributed by atoms with van der Waals surface area (Å²) < 4.78 is 9.91. The van der Waals surface area contributed by atoms with Crippen LogP contribution in [0.1, 0.15) is 46.0 Å². The molecule has 3 N–H and O–H groups in total. The summed E-state index contributed by atoms with van der Waals surface area (Å²) in [5, 5.41) is 14.4. The maximum absolute atomic E-state index is 11.7. The number of aliphatic hydroxyl groups excluding tert-OH is 1. The van der Waals surface area contributed by atoms with Crippen LogP contribution in [0.25, 0.3) is 0 Å². The van der Waals surface area contributed by atoms with E-state index in [9.17, 15) is 9.59 Å². The number of aliphatic hydroxyl groups is 1. The molecule has 0 aromatic rings. The van der Waals surface area contributed by atoms with Crippen molar-refractivity contribution in [2.75, 3.05) is 40.0 Å². The number of ether oxygens (including phenoxy) is 2. The van der Waals surface area contributed by atoms with Gasteiger partial charge in [0.2, 0.25) is 5.91 Å². The maximum atomic E-state index is 11.7. The average Bonchev–Trinajstić information content (AvgIpc) is 2.48. The summed E-state index contributed by atoms with van der Waals surface area (Å²) in [6.45, 7) is 6.27. The summed E-state index contributed by atoms with van der Waals surface area (Å²) in [6, 6.07) is 0. The predicted octanol–water partition coefficient (Wildman–Crippen LogP) is 1.44. The molecular formula is C16H32N2O5. The lowest BCUT2D eigenvalue weighted by Crippen LogP contribution is -2.31. The minimum Gasteiger partial charge on any atom is -0.453 e. The van der Waals surface area contributed by atoms with Crippen molar-refractivity contribution in [1.29, 1.82) is 0 Å². The van der Waals surface area contributed by atoms with E-state index in [1.165, 1.54) is 7.11 Å². The van der Waals surface area contributed by atoms with Crippen molar-refractivity contribution in [1.82, 2.24) is 10.6 Å². The number of methoxy groups -OCH3 is 1. The lowest BCUT2D eigenvalue weighted by atomic mass is 9.86. The second-order valence-corrected chi connectivity index (χ2v) is 6.26. The van der Waals surface area contributed by atoms with E-state index in [0.717, 1.165) is 19.3 Å². The molecule has 0 saturated carbocycles. The Morgan fingerprint density at radius 2 is 1.78 bits per heavy atom. The molecule has 0 bridgehead atoms. The lowest BCUT2D eigenvalue weighted by Gasteiger charge is -2.22. The van der Waals surface area contributed by atoms with E-state index in [1.807, 2.05) is 13.8 Å². The number of hydrogen-bond acceptors (Lipinski definition) is 5. The van der Waals surface area contributed by atoms with Crippen LogP contribution in [-0.2, 0) is 14.3 Å².